The van der Waals surface area contributed by atoms with E-state index in [1.54, 1.807) is 4.90 Å². The van der Waals surface area contributed by atoms with E-state index >= 15 is 0 Å². The third-order valence-electron chi connectivity index (χ3n) is 7.97. The Morgan fingerprint density at radius 2 is 2.06 bits per heavy atom. The smallest absolute Gasteiger partial charge is 0.315 e. The zero-order valence-electron chi connectivity index (χ0n) is 19.3. The molecule has 2 aromatic carbocycles. The third-order valence-corrected chi connectivity index (χ3v) is 7.97. The number of rotatable bonds is 1. The summed E-state index contributed by atoms with van der Waals surface area (Å²) in [6.07, 6.45) is 5.64. The van der Waals surface area contributed by atoms with Gasteiger partial charge < -0.3 is 19.9 Å². The fourth-order valence-electron chi connectivity index (χ4n) is 6.51. The van der Waals surface area contributed by atoms with Gasteiger partial charge in [0.05, 0.1) is 30.4 Å². The highest BCUT2D eigenvalue weighted by Crippen LogP contribution is 2.49. The van der Waals surface area contributed by atoms with Crippen LogP contribution in [-0.4, -0.2) is 45.4 Å². The number of carbonyl (C=O) groups is 1. The van der Waals surface area contributed by atoms with Crippen molar-refractivity contribution < 1.29 is 13.9 Å². The molecule has 3 N–H and O–H groups in total. The number of nitrogens with one attached hydrogen (secondary N) is 1. The third kappa shape index (κ3) is 3.08. The molecular formula is C27H26FN5O2. The summed E-state index contributed by atoms with van der Waals surface area (Å²) in [4.78, 5) is 13.8. The normalized spacial score (nSPS) is 21.9. The number of fused-ring (bicyclic) bond motifs is 5. The van der Waals surface area contributed by atoms with Gasteiger partial charge in [-0.25, -0.2) is 9.18 Å². The first-order valence-electron chi connectivity index (χ1n) is 12.2. The molecule has 0 saturated heterocycles. The van der Waals surface area contributed by atoms with Gasteiger partial charge in [0.2, 0.25) is 0 Å². The molecule has 0 bridgehead atoms. The summed E-state index contributed by atoms with van der Waals surface area (Å²) in [5.41, 5.74) is 12.7. The fourth-order valence-corrected chi connectivity index (χ4v) is 6.51. The minimum atomic E-state index is -0.394. The molecule has 4 heterocycles. The number of carbonyl (C=O) groups excluding carboxylic acids is 1. The van der Waals surface area contributed by atoms with Crippen molar-refractivity contribution in [2.45, 2.75) is 31.6 Å². The summed E-state index contributed by atoms with van der Waals surface area (Å²) >= 11 is 0. The van der Waals surface area contributed by atoms with E-state index in [0.29, 0.717) is 19.7 Å². The Kier molecular flexibility index (Phi) is 4.46. The van der Waals surface area contributed by atoms with Gasteiger partial charge in [-0.2, -0.15) is 5.10 Å². The number of aromatic amines is 1. The van der Waals surface area contributed by atoms with Gasteiger partial charge in [-0.1, -0.05) is 0 Å². The number of nitrogens with two attached hydrogens (primary N) is 1. The summed E-state index contributed by atoms with van der Waals surface area (Å²) in [5, 5.41) is 9.62. The van der Waals surface area contributed by atoms with E-state index in [-0.39, 0.29) is 17.7 Å². The number of nitrogens with zero attached hydrogens (tertiary/aromatic N) is 3. The highest BCUT2D eigenvalue weighted by molar-refractivity contribution is 5.98. The zero-order chi connectivity index (χ0) is 23.7. The van der Waals surface area contributed by atoms with Gasteiger partial charge in [0.25, 0.3) is 0 Å². The van der Waals surface area contributed by atoms with Crippen molar-refractivity contribution in [1.82, 2.24) is 19.7 Å². The summed E-state index contributed by atoms with van der Waals surface area (Å²) in [7, 11) is 0. The Morgan fingerprint density at radius 1 is 1.20 bits per heavy atom. The molecule has 0 radical (unpaired) electrons. The lowest BCUT2D eigenvalue weighted by atomic mass is 9.74. The molecule has 2 aromatic heterocycles. The Balaban J connectivity index is 1.53. The predicted molar refractivity (Wildman–Crippen MR) is 131 cm³/mol. The number of H-pyrrole nitrogens is 1. The Labute approximate surface area is 201 Å². The van der Waals surface area contributed by atoms with Crippen LogP contribution >= 0.6 is 0 Å². The lowest BCUT2D eigenvalue weighted by Crippen LogP contribution is -2.46. The van der Waals surface area contributed by atoms with Crippen LogP contribution in [0.15, 0.2) is 53.9 Å². The van der Waals surface area contributed by atoms with Gasteiger partial charge in [-0.3, -0.25) is 5.10 Å². The van der Waals surface area contributed by atoms with Crippen molar-refractivity contribution in [3.05, 3.63) is 71.0 Å². The molecule has 8 heteroatoms. The molecule has 35 heavy (non-hydrogen) atoms. The highest BCUT2D eigenvalue weighted by Gasteiger charge is 2.41. The van der Waals surface area contributed by atoms with Crippen LogP contribution in [0.25, 0.3) is 27.5 Å². The van der Waals surface area contributed by atoms with Crippen molar-refractivity contribution in [2.24, 2.45) is 11.7 Å². The number of primary amides is 1. The molecule has 2 amide bonds. The molecule has 7 nitrogen and oxygen atoms in total. The van der Waals surface area contributed by atoms with Crippen LogP contribution in [0.1, 0.15) is 36.4 Å². The molecule has 0 fully saturated rings. The first kappa shape index (κ1) is 20.6. The van der Waals surface area contributed by atoms with E-state index in [0.717, 1.165) is 53.5 Å². The zero-order valence-corrected chi connectivity index (χ0v) is 19.3. The van der Waals surface area contributed by atoms with Gasteiger partial charge in [-0.05, 0) is 73.2 Å². The summed E-state index contributed by atoms with van der Waals surface area (Å²) in [6.45, 7) is 1.66. The number of hydrogen-bond donors (Lipinski definition) is 2. The van der Waals surface area contributed by atoms with Crippen LogP contribution in [0.5, 0.6) is 0 Å². The molecule has 0 spiro atoms. The number of aromatic nitrogens is 3. The molecule has 4 aromatic rings. The maximum Gasteiger partial charge on any atom is 0.315 e. The molecule has 2 aliphatic heterocycles. The van der Waals surface area contributed by atoms with Crippen molar-refractivity contribution in [3.63, 3.8) is 0 Å². The van der Waals surface area contributed by atoms with Crippen LogP contribution in [-0.2, 0) is 11.2 Å². The number of halogens is 1. The van der Waals surface area contributed by atoms with Gasteiger partial charge in [-0.15, -0.1) is 0 Å². The lowest BCUT2D eigenvalue weighted by Gasteiger charge is -2.42. The minimum Gasteiger partial charge on any atom is -0.496 e. The molecule has 2 unspecified atom stereocenters. The van der Waals surface area contributed by atoms with E-state index < -0.39 is 6.03 Å². The average molecular weight is 472 g/mol. The molecule has 3 aliphatic rings. The van der Waals surface area contributed by atoms with Crippen LogP contribution in [0.2, 0.25) is 0 Å². The molecule has 1 aliphatic carbocycles. The molecular weight excluding hydrogens is 445 g/mol. The highest BCUT2D eigenvalue weighted by atomic mass is 19.1. The van der Waals surface area contributed by atoms with Gasteiger partial charge >= 0.3 is 6.03 Å². The van der Waals surface area contributed by atoms with Gasteiger partial charge in [0, 0.05) is 40.5 Å². The Hall–Kier alpha value is -3.81. The maximum absolute atomic E-state index is 13.9. The standard InChI is InChI=1S/C27H26FN5O2/c28-17-4-6-18(7-5-17)33-23-10-16-12-30-31-22(16)11-21(23)19-3-1-2-15-13-32(27(29)34)14-24-25(15)20(26(19)33)8-9-35-24/h4-7,10-12,15,20H,1-3,8-9,13-14H2,(H2,29,34)(H,30,31). The van der Waals surface area contributed by atoms with E-state index in [4.69, 9.17) is 10.5 Å². The molecule has 7 rings (SSSR count). The van der Waals surface area contributed by atoms with Crippen molar-refractivity contribution in [1.29, 1.82) is 0 Å². The van der Waals surface area contributed by atoms with Crippen LogP contribution in [0.3, 0.4) is 0 Å². The minimum absolute atomic E-state index is 0.169. The summed E-state index contributed by atoms with van der Waals surface area (Å²) in [5.74, 6) is 1.04. The van der Waals surface area contributed by atoms with Gasteiger partial charge in [0.15, 0.2) is 0 Å². The van der Waals surface area contributed by atoms with Crippen LogP contribution < -0.4 is 5.73 Å². The number of amides is 2. The second kappa shape index (κ2) is 7.60. The number of ether oxygens (including phenoxy) is 1. The molecule has 0 saturated carbocycles. The number of benzene rings is 2. The number of hydrogen-bond acceptors (Lipinski definition) is 3. The summed E-state index contributed by atoms with van der Waals surface area (Å²) in [6, 6.07) is 10.8. The summed E-state index contributed by atoms with van der Waals surface area (Å²) < 4.78 is 22.4. The molecule has 2 atom stereocenters. The maximum atomic E-state index is 13.9. The Bertz CT molecular complexity index is 1520. The Morgan fingerprint density at radius 3 is 2.89 bits per heavy atom. The van der Waals surface area contributed by atoms with E-state index in [1.165, 1.54) is 34.3 Å². The number of urea groups is 1. The van der Waals surface area contributed by atoms with Crippen LogP contribution in [0, 0.1) is 11.7 Å². The second-order valence-corrected chi connectivity index (χ2v) is 9.88. The van der Waals surface area contributed by atoms with Crippen LogP contribution in [0.4, 0.5) is 9.18 Å². The lowest BCUT2D eigenvalue weighted by molar-refractivity contribution is 0.115. The van der Waals surface area contributed by atoms with Crippen molar-refractivity contribution in [2.75, 3.05) is 19.7 Å². The topological polar surface area (TPSA) is 89.2 Å². The van der Waals surface area contributed by atoms with Crippen molar-refractivity contribution in [3.8, 4) is 5.69 Å². The quantitative estimate of drug-likeness (QED) is 0.420. The largest absolute Gasteiger partial charge is 0.496 e. The van der Waals surface area contributed by atoms with E-state index in [1.807, 2.05) is 18.3 Å². The SMILES string of the molecule is NC(=O)N1CC2=C3C(CCCc4c(n(-c5ccc(F)cc5)c5cc6cn[nH]c6cc45)C3CCO2)C1. The first-order chi connectivity index (χ1) is 17.1. The predicted octanol–water partition coefficient (Wildman–Crippen LogP) is 4.75. The van der Waals surface area contributed by atoms with E-state index in [2.05, 4.69) is 26.9 Å². The monoisotopic (exact) mass is 471 g/mol. The average Bonchev–Trinajstić information content (AvgIpc) is 3.43. The first-order valence-corrected chi connectivity index (χ1v) is 12.2. The second-order valence-electron chi connectivity index (χ2n) is 9.88. The fraction of sp³-hybridized carbons (Fsp3) is 0.333. The van der Waals surface area contributed by atoms with Crippen molar-refractivity contribution >= 4 is 27.8 Å². The molecule has 178 valence electrons. The van der Waals surface area contributed by atoms with Gasteiger partial charge in [0.1, 0.15) is 11.6 Å². The van der Waals surface area contributed by atoms with E-state index in [9.17, 15) is 9.18 Å². The number of aryl methyl sites for hydroxylation is 1.